The number of halogens is 1. The molecule has 12 heteroatoms. The number of imidazole rings is 1. The zero-order chi connectivity index (χ0) is 31.6. The Morgan fingerprint density at radius 1 is 0.848 bits per heavy atom. The molecule has 7 rings (SSSR count). The highest BCUT2D eigenvalue weighted by atomic mass is 19.1. The summed E-state index contributed by atoms with van der Waals surface area (Å²) in [5.41, 5.74) is 7.63. The summed E-state index contributed by atoms with van der Waals surface area (Å²) in [4.78, 5) is 36.5. The summed E-state index contributed by atoms with van der Waals surface area (Å²) in [5, 5.41) is 13.7. The summed E-state index contributed by atoms with van der Waals surface area (Å²) in [6.45, 7) is 1.49. The number of aromatic amines is 2. The van der Waals surface area contributed by atoms with Crippen molar-refractivity contribution in [3.05, 3.63) is 103 Å². The van der Waals surface area contributed by atoms with Crippen LogP contribution in [-0.4, -0.2) is 73.1 Å². The lowest BCUT2D eigenvalue weighted by atomic mass is 10.1. The number of anilines is 2. The second-order valence-corrected chi connectivity index (χ2v) is 11.1. The van der Waals surface area contributed by atoms with Crippen LogP contribution in [0.2, 0.25) is 0 Å². The number of nitrogens with one attached hydrogen (secondary N) is 4. The van der Waals surface area contributed by atoms with Gasteiger partial charge in [0.15, 0.2) is 11.5 Å². The van der Waals surface area contributed by atoms with Crippen molar-refractivity contribution in [1.29, 1.82) is 0 Å². The number of fused-ring (bicyclic) bond motifs is 2. The van der Waals surface area contributed by atoms with Gasteiger partial charge >= 0.3 is 0 Å². The number of benzene rings is 2. The smallest absolute Gasteiger partial charge is 0.255 e. The van der Waals surface area contributed by atoms with Gasteiger partial charge in [-0.2, -0.15) is 5.10 Å². The molecule has 5 aromatic heterocycles. The minimum Gasteiger partial charge on any atom is -0.384 e. The number of hydrogen-bond acceptors (Lipinski definition) is 8. The normalized spacial score (nSPS) is 11.4. The molecule has 0 saturated carbocycles. The summed E-state index contributed by atoms with van der Waals surface area (Å²) in [6, 6.07) is 19.4. The van der Waals surface area contributed by atoms with Crippen molar-refractivity contribution in [3.8, 4) is 33.9 Å². The lowest BCUT2D eigenvalue weighted by Crippen LogP contribution is -2.20. The molecule has 0 atom stereocenters. The van der Waals surface area contributed by atoms with Crippen molar-refractivity contribution in [3.63, 3.8) is 0 Å². The number of rotatable bonds is 9. The Hall–Kier alpha value is -6.01. The first-order valence-electron chi connectivity index (χ1n) is 14.6. The van der Waals surface area contributed by atoms with E-state index in [0.29, 0.717) is 68.4 Å². The van der Waals surface area contributed by atoms with Crippen LogP contribution in [0.4, 0.5) is 15.8 Å². The summed E-state index contributed by atoms with van der Waals surface area (Å²) in [6.07, 6.45) is 6.64. The van der Waals surface area contributed by atoms with E-state index < -0.39 is 0 Å². The molecule has 0 radical (unpaired) electrons. The van der Waals surface area contributed by atoms with E-state index in [1.807, 2.05) is 56.6 Å². The number of carbonyl (C=O) groups is 1. The highest BCUT2D eigenvalue weighted by molar-refractivity contribution is 6.04. The molecule has 0 fully saturated rings. The number of likely N-dealkylation sites (N-methyl/N-ethyl adjacent to an activating group) is 1. The van der Waals surface area contributed by atoms with Crippen LogP contribution in [0.15, 0.2) is 91.5 Å². The number of aromatic nitrogens is 7. The van der Waals surface area contributed by atoms with Crippen LogP contribution in [0.1, 0.15) is 10.4 Å². The van der Waals surface area contributed by atoms with Gasteiger partial charge in [-0.3, -0.25) is 19.9 Å². The monoisotopic (exact) mass is 612 g/mol. The first kappa shape index (κ1) is 28.7. The Bertz CT molecular complexity index is 2190. The van der Waals surface area contributed by atoms with Crippen molar-refractivity contribution in [2.75, 3.05) is 37.8 Å². The highest BCUT2D eigenvalue weighted by Gasteiger charge is 2.18. The SMILES string of the molecule is CN(C)CCNc1cc(F)cc(-c2cncc3[nH]c(-c4n[nH]c5ccc(-c6cncc(NC(=O)c7ccccc7)c6)nc45)nc23)c1. The average molecular weight is 613 g/mol. The van der Waals surface area contributed by atoms with Gasteiger partial charge in [-0.25, -0.2) is 14.4 Å². The van der Waals surface area contributed by atoms with Crippen molar-refractivity contribution in [1.82, 2.24) is 40.0 Å². The van der Waals surface area contributed by atoms with Gasteiger partial charge in [0.1, 0.15) is 11.3 Å². The predicted octanol–water partition coefficient (Wildman–Crippen LogP) is 5.99. The van der Waals surface area contributed by atoms with Crippen molar-refractivity contribution in [2.45, 2.75) is 0 Å². The van der Waals surface area contributed by atoms with E-state index in [4.69, 9.17) is 9.97 Å². The standard InChI is InChI=1S/C34H29FN10O/c1-45(2)11-10-38-24-13-21(12-23(35)15-24)26-18-37-19-29-30(26)42-33(41-29)32-31-28(43-44-32)9-8-27(40-31)22-14-25(17-36-16-22)39-34(46)20-6-4-3-5-7-20/h3-9,12-19,38H,10-11H2,1-2H3,(H,39,46)(H,41,42)(H,43,44). The van der Waals surface area contributed by atoms with Crippen LogP contribution >= 0.6 is 0 Å². The Balaban J connectivity index is 1.21. The predicted molar refractivity (Wildman–Crippen MR) is 177 cm³/mol. The lowest BCUT2D eigenvalue weighted by molar-refractivity contribution is 0.102. The minimum absolute atomic E-state index is 0.228. The topological polar surface area (TPSA) is 140 Å². The molecule has 0 bridgehead atoms. The first-order chi connectivity index (χ1) is 22.4. The van der Waals surface area contributed by atoms with Gasteiger partial charge in [-0.1, -0.05) is 18.2 Å². The number of H-pyrrole nitrogens is 2. The van der Waals surface area contributed by atoms with Gasteiger partial charge in [0.05, 0.1) is 40.3 Å². The maximum absolute atomic E-state index is 14.7. The molecule has 0 aliphatic heterocycles. The molecule has 0 unspecified atom stereocenters. The Morgan fingerprint density at radius 2 is 1.67 bits per heavy atom. The van der Waals surface area contributed by atoms with Crippen LogP contribution in [0.3, 0.4) is 0 Å². The third kappa shape index (κ3) is 5.88. The molecule has 2 aromatic carbocycles. The third-order valence-electron chi connectivity index (χ3n) is 7.45. The van der Waals surface area contributed by atoms with E-state index in [-0.39, 0.29) is 11.7 Å². The van der Waals surface area contributed by atoms with Gasteiger partial charge < -0.3 is 20.5 Å². The van der Waals surface area contributed by atoms with Crippen LogP contribution in [0.5, 0.6) is 0 Å². The first-order valence-corrected chi connectivity index (χ1v) is 14.6. The van der Waals surface area contributed by atoms with Gasteiger partial charge in [0.25, 0.3) is 5.91 Å². The molecule has 228 valence electrons. The highest BCUT2D eigenvalue weighted by Crippen LogP contribution is 2.33. The third-order valence-corrected chi connectivity index (χ3v) is 7.45. The summed E-state index contributed by atoms with van der Waals surface area (Å²) >= 11 is 0. The summed E-state index contributed by atoms with van der Waals surface area (Å²) < 4.78 is 14.7. The molecule has 0 saturated heterocycles. The van der Waals surface area contributed by atoms with Crippen LogP contribution in [-0.2, 0) is 0 Å². The average Bonchev–Trinajstić information content (AvgIpc) is 3.69. The number of nitrogens with zero attached hydrogens (tertiary/aromatic N) is 6. The number of hydrogen-bond donors (Lipinski definition) is 4. The molecule has 7 aromatic rings. The van der Waals surface area contributed by atoms with Gasteiger partial charge in [0.2, 0.25) is 0 Å². The number of amides is 1. The van der Waals surface area contributed by atoms with Gasteiger partial charge in [-0.15, -0.1) is 0 Å². The summed E-state index contributed by atoms with van der Waals surface area (Å²) in [5.74, 6) is -0.0948. The Kier molecular flexibility index (Phi) is 7.61. The zero-order valence-electron chi connectivity index (χ0n) is 25.0. The maximum Gasteiger partial charge on any atom is 0.255 e. The summed E-state index contributed by atoms with van der Waals surface area (Å²) in [7, 11) is 3.98. The van der Waals surface area contributed by atoms with E-state index in [9.17, 15) is 9.18 Å². The van der Waals surface area contributed by atoms with Crippen LogP contribution in [0, 0.1) is 5.82 Å². The van der Waals surface area contributed by atoms with E-state index in [1.54, 1.807) is 36.9 Å². The molecular weight excluding hydrogens is 583 g/mol. The van der Waals surface area contributed by atoms with E-state index in [2.05, 4.69) is 40.7 Å². The fourth-order valence-corrected chi connectivity index (χ4v) is 5.19. The fraction of sp³-hybridized carbons (Fsp3) is 0.118. The molecule has 11 nitrogen and oxygen atoms in total. The van der Waals surface area contributed by atoms with Crippen molar-refractivity contribution in [2.24, 2.45) is 0 Å². The van der Waals surface area contributed by atoms with Crippen LogP contribution < -0.4 is 10.6 Å². The molecule has 4 N–H and O–H groups in total. The number of pyridine rings is 3. The van der Waals surface area contributed by atoms with Crippen molar-refractivity contribution < 1.29 is 9.18 Å². The second-order valence-electron chi connectivity index (χ2n) is 11.1. The Labute approximate surface area is 263 Å². The molecule has 0 aliphatic carbocycles. The molecule has 5 heterocycles. The van der Waals surface area contributed by atoms with Crippen molar-refractivity contribution >= 4 is 39.3 Å². The lowest BCUT2D eigenvalue weighted by Gasteiger charge is -2.12. The maximum atomic E-state index is 14.7. The Morgan fingerprint density at radius 3 is 2.52 bits per heavy atom. The van der Waals surface area contributed by atoms with E-state index >= 15 is 0 Å². The second kappa shape index (κ2) is 12.2. The fourth-order valence-electron chi connectivity index (χ4n) is 5.19. The van der Waals surface area contributed by atoms with E-state index in [1.165, 1.54) is 12.1 Å². The number of carbonyl (C=O) groups excluding carboxylic acids is 1. The minimum atomic E-state index is -0.356. The molecule has 1 amide bonds. The molecule has 46 heavy (non-hydrogen) atoms. The largest absolute Gasteiger partial charge is 0.384 e. The van der Waals surface area contributed by atoms with E-state index in [0.717, 1.165) is 17.6 Å². The molecule has 0 aliphatic rings. The van der Waals surface area contributed by atoms with Gasteiger partial charge in [0, 0.05) is 47.9 Å². The molecular formula is C34H29FN10O. The van der Waals surface area contributed by atoms with Gasteiger partial charge in [-0.05, 0) is 68.2 Å². The molecule has 0 spiro atoms. The van der Waals surface area contributed by atoms with Crippen LogP contribution in [0.25, 0.3) is 56.0 Å². The zero-order valence-corrected chi connectivity index (χ0v) is 25.0. The quantitative estimate of drug-likeness (QED) is 0.156.